The van der Waals surface area contributed by atoms with Gasteiger partial charge in [0.15, 0.2) is 5.82 Å². The Bertz CT molecular complexity index is 1340. The monoisotopic (exact) mass is 458 g/mol. The molecule has 176 valence electrons. The number of piperidine rings is 1. The van der Waals surface area contributed by atoms with Crippen LogP contribution in [0.15, 0.2) is 53.3 Å². The minimum atomic E-state index is -0.329. The molecular formula is C26H30N6O2. The van der Waals surface area contributed by atoms with Gasteiger partial charge in [0.2, 0.25) is 0 Å². The van der Waals surface area contributed by atoms with E-state index in [0.29, 0.717) is 23.9 Å². The van der Waals surface area contributed by atoms with Crippen LogP contribution in [0.25, 0.3) is 10.9 Å². The van der Waals surface area contributed by atoms with Crippen molar-refractivity contribution in [2.75, 3.05) is 20.2 Å². The SMILES string of the molecule is COc1ccc(Cn2nnnc2[C@@H](c2cc3cccc(C)c3[nH]c2=O)N2CCC[C@@H](C)C2)cc1. The lowest BCUT2D eigenvalue weighted by Crippen LogP contribution is -2.41. The Hall–Kier alpha value is -3.52. The minimum Gasteiger partial charge on any atom is -0.497 e. The average Bonchev–Trinajstić information content (AvgIpc) is 3.28. The second kappa shape index (κ2) is 9.38. The number of ether oxygens (including phenoxy) is 1. The largest absolute Gasteiger partial charge is 0.497 e. The number of fused-ring (bicyclic) bond motifs is 1. The summed E-state index contributed by atoms with van der Waals surface area (Å²) in [5.74, 6) is 2.03. The van der Waals surface area contributed by atoms with E-state index >= 15 is 0 Å². The van der Waals surface area contributed by atoms with Crippen LogP contribution < -0.4 is 10.3 Å². The maximum atomic E-state index is 13.4. The van der Waals surface area contributed by atoms with Crippen LogP contribution in [-0.2, 0) is 6.54 Å². The molecule has 4 aromatic rings. The summed E-state index contributed by atoms with van der Waals surface area (Å²) in [7, 11) is 1.65. The van der Waals surface area contributed by atoms with Crippen molar-refractivity contribution < 1.29 is 4.74 Å². The molecule has 0 spiro atoms. The number of nitrogens with zero attached hydrogens (tertiary/aromatic N) is 5. The Morgan fingerprint density at radius 1 is 1.21 bits per heavy atom. The van der Waals surface area contributed by atoms with E-state index in [4.69, 9.17) is 4.74 Å². The standard InChI is InChI=1S/C26H30N6O2/c1-17-6-5-13-31(15-17)24(22-14-20-8-4-7-18(2)23(20)27-26(22)33)25-28-29-30-32(25)16-19-9-11-21(34-3)12-10-19/h4,7-12,14,17,24H,5-6,13,15-16H2,1-3H3,(H,27,33)/t17-,24-/m1/s1. The highest BCUT2D eigenvalue weighted by Gasteiger charge is 2.32. The third-order valence-electron chi connectivity index (χ3n) is 6.76. The highest BCUT2D eigenvalue weighted by molar-refractivity contribution is 5.82. The van der Waals surface area contributed by atoms with Crippen LogP contribution >= 0.6 is 0 Å². The van der Waals surface area contributed by atoms with Crippen molar-refractivity contribution in [3.8, 4) is 5.75 Å². The molecule has 1 fully saturated rings. The van der Waals surface area contributed by atoms with Gasteiger partial charge in [-0.05, 0) is 77.4 Å². The quantitative estimate of drug-likeness (QED) is 0.474. The smallest absolute Gasteiger partial charge is 0.253 e. The lowest BCUT2D eigenvalue weighted by atomic mass is 9.95. The Morgan fingerprint density at radius 2 is 2.03 bits per heavy atom. The molecule has 34 heavy (non-hydrogen) atoms. The first kappa shape index (κ1) is 22.3. The molecular weight excluding hydrogens is 428 g/mol. The molecule has 2 aromatic heterocycles. The predicted octanol–water partition coefficient (Wildman–Crippen LogP) is 3.70. The van der Waals surface area contributed by atoms with Crippen molar-refractivity contribution in [3.63, 3.8) is 0 Å². The van der Waals surface area contributed by atoms with E-state index in [2.05, 4.69) is 32.3 Å². The molecule has 2 aromatic carbocycles. The number of aromatic nitrogens is 5. The van der Waals surface area contributed by atoms with E-state index in [0.717, 1.165) is 47.3 Å². The van der Waals surface area contributed by atoms with Crippen LogP contribution in [0.3, 0.4) is 0 Å². The topological polar surface area (TPSA) is 88.9 Å². The number of methoxy groups -OCH3 is 1. The molecule has 0 saturated carbocycles. The van der Waals surface area contributed by atoms with Crippen LogP contribution in [0.2, 0.25) is 0 Å². The number of pyridine rings is 1. The van der Waals surface area contributed by atoms with Crippen LogP contribution in [0.5, 0.6) is 5.75 Å². The van der Waals surface area contributed by atoms with Gasteiger partial charge in [-0.2, -0.15) is 0 Å². The Morgan fingerprint density at radius 3 is 2.79 bits per heavy atom. The molecule has 0 unspecified atom stereocenters. The summed E-state index contributed by atoms with van der Waals surface area (Å²) in [6.45, 7) is 6.58. The van der Waals surface area contributed by atoms with Crippen LogP contribution in [0.1, 0.15) is 48.3 Å². The molecule has 8 nitrogen and oxygen atoms in total. The molecule has 1 aliphatic rings. The molecule has 2 atom stereocenters. The van der Waals surface area contributed by atoms with Gasteiger partial charge in [-0.15, -0.1) is 5.10 Å². The number of hydrogen-bond donors (Lipinski definition) is 1. The molecule has 1 N–H and O–H groups in total. The van der Waals surface area contributed by atoms with Crippen molar-refractivity contribution in [1.29, 1.82) is 0 Å². The Kier molecular flexibility index (Phi) is 6.15. The van der Waals surface area contributed by atoms with E-state index in [-0.39, 0.29) is 11.6 Å². The van der Waals surface area contributed by atoms with E-state index in [1.54, 1.807) is 7.11 Å². The number of likely N-dealkylation sites (tertiary alicyclic amines) is 1. The fraction of sp³-hybridized carbons (Fsp3) is 0.385. The van der Waals surface area contributed by atoms with Gasteiger partial charge in [0, 0.05) is 12.1 Å². The third-order valence-corrected chi connectivity index (χ3v) is 6.76. The highest BCUT2D eigenvalue weighted by atomic mass is 16.5. The molecule has 3 heterocycles. The zero-order valence-corrected chi connectivity index (χ0v) is 19.9. The lowest BCUT2D eigenvalue weighted by Gasteiger charge is -2.36. The first-order valence-corrected chi connectivity index (χ1v) is 11.8. The average molecular weight is 459 g/mol. The summed E-state index contributed by atoms with van der Waals surface area (Å²) in [4.78, 5) is 18.9. The summed E-state index contributed by atoms with van der Waals surface area (Å²) in [5.41, 5.74) is 3.57. The number of benzene rings is 2. The number of H-pyrrole nitrogens is 1. The highest BCUT2D eigenvalue weighted by Crippen LogP contribution is 2.31. The Labute approximate surface area is 198 Å². The van der Waals surface area contributed by atoms with Crippen molar-refractivity contribution in [3.05, 3.63) is 81.4 Å². The van der Waals surface area contributed by atoms with Gasteiger partial charge in [-0.1, -0.05) is 37.3 Å². The number of aryl methyl sites for hydroxylation is 1. The van der Waals surface area contributed by atoms with Gasteiger partial charge in [-0.25, -0.2) is 4.68 Å². The zero-order chi connectivity index (χ0) is 23.7. The van der Waals surface area contributed by atoms with Crippen molar-refractivity contribution >= 4 is 10.9 Å². The predicted molar refractivity (Wildman–Crippen MR) is 131 cm³/mol. The first-order chi connectivity index (χ1) is 16.5. The fourth-order valence-corrected chi connectivity index (χ4v) is 4.99. The summed E-state index contributed by atoms with van der Waals surface area (Å²) >= 11 is 0. The Balaban J connectivity index is 1.60. The van der Waals surface area contributed by atoms with Crippen molar-refractivity contribution in [2.24, 2.45) is 5.92 Å². The zero-order valence-electron chi connectivity index (χ0n) is 19.9. The van der Waals surface area contributed by atoms with Crippen molar-refractivity contribution in [1.82, 2.24) is 30.1 Å². The number of rotatable bonds is 6. The van der Waals surface area contributed by atoms with E-state index in [9.17, 15) is 4.79 Å². The van der Waals surface area contributed by atoms with Crippen LogP contribution in [0, 0.1) is 12.8 Å². The molecule has 5 rings (SSSR count). The molecule has 0 aliphatic carbocycles. The number of tetrazole rings is 1. The molecule has 0 radical (unpaired) electrons. The number of aromatic amines is 1. The van der Waals surface area contributed by atoms with Gasteiger partial charge in [0.25, 0.3) is 5.56 Å². The van der Waals surface area contributed by atoms with Crippen molar-refractivity contribution in [2.45, 2.75) is 39.3 Å². The minimum absolute atomic E-state index is 0.0935. The second-order valence-corrected chi connectivity index (χ2v) is 9.28. The molecule has 0 bridgehead atoms. The summed E-state index contributed by atoms with van der Waals surface area (Å²) in [6, 6.07) is 15.6. The second-order valence-electron chi connectivity index (χ2n) is 9.28. The number of hydrogen-bond acceptors (Lipinski definition) is 6. The van der Waals surface area contributed by atoms with E-state index in [1.807, 2.05) is 60.1 Å². The van der Waals surface area contributed by atoms with E-state index < -0.39 is 0 Å². The lowest BCUT2D eigenvalue weighted by molar-refractivity contribution is 0.141. The maximum Gasteiger partial charge on any atom is 0.253 e. The summed E-state index contributed by atoms with van der Waals surface area (Å²) in [5, 5.41) is 13.8. The van der Waals surface area contributed by atoms with Gasteiger partial charge < -0.3 is 9.72 Å². The number of nitrogens with one attached hydrogen (secondary N) is 1. The van der Waals surface area contributed by atoms with Crippen LogP contribution in [-0.4, -0.2) is 50.3 Å². The van der Waals surface area contributed by atoms with E-state index in [1.165, 1.54) is 6.42 Å². The van der Waals surface area contributed by atoms with Gasteiger partial charge >= 0.3 is 0 Å². The molecule has 1 aliphatic heterocycles. The first-order valence-electron chi connectivity index (χ1n) is 11.8. The summed E-state index contributed by atoms with van der Waals surface area (Å²) in [6.07, 6.45) is 2.27. The van der Waals surface area contributed by atoms with Gasteiger partial charge in [-0.3, -0.25) is 9.69 Å². The third kappa shape index (κ3) is 4.33. The van der Waals surface area contributed by atoms with Gasteiger partial charge in [0.1, 0.15) is 11.8 Å². The molecule has 1 saturated heterocycles. The fourth-order valence-electron chi connectivity index (χ4n) is 4.99. The molecule has 8 heteroatoms. The number of para-hydroxylation sites is 1. The van der Waals surface area contributed by atoms with Gasteiger partial charge in [0.05, 0.1) is 19.2 Å². The maximum absolute atomic E-state index is 13.4. The van der Waals surface area contributed by atoms with Crippen LogP contribution in [0.4, 0.5) is 0 Å². The normalized spacial score (nSPS) is 17.7. The summed E-state index contributed by atoms with van der Waals surface area (Å²) < 4.78 is 7.09. The molecule has 0 amide bonds.